The van der Waals surface area contributed by atoms with Crippen molar-refractivity contribution in [2.75, 3.05) is 7.11 Å². The SMILES string of the molecule is COC(=O)C1=CNC(c2ccccn2)(C(C)C)C=C1. The number of hydrogen-bond donors (Lipinski definition) is 1. The van der Waals surface area contributed by atoms with Gasteiger partial charge in [0.1, 0.15) is 5.54 Å². The Morgan fingerprint density at radius 3 is 2.68 bits per heavy atom. The second kappa shape index (κ2) is 5.26. The number of esters is 1. The highest BCUT2D eigenvalue weighted by Crippen LogP contribution is 2.32. The summed E-state index contributed by atoms with van der Waals surface area (Å²) in [5.74, 6) is -0.0591. The highest BCUT2D eigenvalue weighted by molar-refractivity contribution is 5.91. The number of pyridine rings is 1. The van der Waals surface area contributed by atoms with E-state index in [1.54, 1.807) is 18.5 Å². The van der Waals surface area contributed by atoms with E-state index >= 15 is 0 Å². The van der Waals surface area contributed by atoms with Gasteiger partial charge in [0, 0.05) is 12.4 Å². The molecule has 100 valence electrons. The van der Waals surface area contributed by atoms with Gasteiger partial charge in [-0.15, -0.1) is 0 Å². The lowest BCUT2D eigenvalue weighted by molar-refractivity contribution is -0.135. The van der Waals surface area contributed by atoms with Crippen molar-refractivity contribution in [1.82, 2.24) is 10.3 Å². The van der Waals surface area contributed by atoms with E-state index in [4.69, 9.17) is 4.74 Å². The van der Waals surface area contributed by atoms with Gasteiger partial charge < -0.3 is 10.1 Å². The third-order valence-corrected chi connectivity index (χ3v) is 3.41. The molecule has 0 radical (unpaired) electrons. The van der Waals surface area contributed by atoms with E-state index in [1.807, 2.05) is 24.3 Å². The lowest BCUT2D eigenvalue weighted by Gasteiger charge is -2.37. The lowest BCUT2D eigenvalue weighted by atomic mass is 9.81. The molecule has 1 N–H and O–H groups in total. The number of aromatic nitrogens is 1. The zero-order valence-corrected chi connectivity index (χ0v) is 11.4. The summed E-state index contributed by atoms with van der Waals surface area (Å²) in [4.78, 5) is 15.9. The Labute approximate surface area is 113 Å². The smallest absolute Gasteiger partial charge is 0.339 e. The van der Waals surface area contributed by atoms with Gasteiger partial charge in [0.15, 0.2) is 0 Å². The monoisotopic (exact) mass is 258 g/mol. The van der Waals surface area contributed by atoms with Crippen LogP contribution in [0.2, 0.25) is 0 Å². The largest absolute Gasteiger partial charge is 0.465 e. The standard InChI is InChI=1S/C15H18N2O2/c1-11(2)15(13-6-4-5-9-16-13)8-7-12(10-17-15)14(18)19-3/h4-11,17H,1-3H3. The van der Waals surface area contributed by atoms with Crippen LogP contribution in [-0.2, 0) is 15.1 Å². The number of ether oxygens (including phenoxy) is 1. The van der Waals surface area contributed by atoms with Gasteiger partial charge in [0.2, 0.25) is 0 Å². The lowest BCUT2D eigenvalue weighted by Crippen LogP contribution is -2.45. The summed E-state index contributed by atoms with van der Waals surface area (Å²) in [6.07, 6.45) is 7.23. The maximum Gasteiger partial charge on any atom is 0.339 e. The molecular weight excluding hydrogens is 240 g/mol. The highest BCUT2D eigenvalue weighted by atomic mass is 16.5. The molecule has 0 spiro atoms. The third-order valence-electron chi connectivity index (χ3n) is 3.41. The quantitative estimate of drug-likeness (QED) is 0.844. The second-order valence-electron chi connectivity index (χ2n) is 4.81. The molecule has 4 heteroatoms. The van der Waals surface area contributed by atoms with Gasteiger partial charge >= 0.3 is 5.97 Å². The number of nitrogens with zero attached hydrogens (tertiary/aromatic N) is 1. The predicted molar refractivity (Wildman–Crippen MR) is 73.1 cm³/mol. The average Bonchev–Trinajstić information content (AvgIpc) is 2.47. The van der Waals surface area contributed by atoms with Crippen molar-refractivity contribution < 1.29 is 9.53 Å². The van der Waals surface area contributed by atoms with Crippen molar-refractivity contribution in [1.29, 1.82) is 0 Å². The molecule has 2 heterocycles. The minimum Gasteiger partial charge on any atom is -0.465 e. The summed E-state index contributed by atoms with van der Waals surface area (Å²) in [7, 11) is 1.38. The summed E-state index contributed by atoms with van der Waals surface area (Å²) in [5.41, 5.74) is 1.05. The number of rotatable bonds is 3. The van der Waals surface area contributed by atoms with Crippen molar-refractivity contribution in [2.45, 2.75) is 19.4 Å². The van der Waals surface area contributed by atoms with Crippen LogP contribution >= 0.6 is 0 Å². The van der Waals surface area contributed by atoms with Crippen molar-refractivity contribution in [3.05, 3.63) is 54.0 Å². The fourth-order valence-corrected chi connectivity index (χ4v) is 2.18. The van der Waals surface area contributed by atoms with Crippen LogP contribution in [0, 0.1) is 5.92 Å². The van der Waals surface area contributed by atoms with Crippen molar-refractivity contribution in [2.24, 2.45) is 5.92 Å². The van der Waals surface area contributed by atoms with Crippen molar-refractivity contribution >= 4 is 5.97 Å². The van der Waals surface area contributed by atoms with Gasteiger partial charge in [0.05, 0.1) is 18.4 Å². The first kappa shape index (κ1) is 13.3. The van der Waals surface area contributed by atoms with E-state index in [2.05, 4.69) is 24.1 Å². The molecule has 1 atom stereocenters. The van der Waals surface area contributed by atoms with Gasteiger partial charge in [-0.3, -0.25) is 4.98 Å². The molecule has 0 saturated carbocycles. The van der Waals surface area contributed by atoms with Crippen LogP contribution in [0.15, 0.2) is 48.3 Å². The van der Waals surface area contributed by atoms with Gasteiger partial charge in [0.25, 0.3) is 0 Å². The predicted octanol–water partition coefficient (Wildman–Crippen LogP) is 2.15. The van der Waals surface area contributed by atoms with E-state index in [0.29, 0.717) is 5.57 Å². The Kier molecular flexibility index (Phi) is 3.69. The molecule has 0 aromatic carbocycles. The molecule has 4 nitrogen and oxygen atoms in total. The van der Waals surface area contributed by atoms with Crippen LogP contribution in [0.25, 0.3) is 0 Å². The molecule has 0 bridgehead atoms. The van der Waals surface area contributed by atoms with Crippen LogP contribution in [0.3, 0.4) is 0 Å². The van der Waals surface area contributed by atoms with Crippen LogP contribution in [0.1, 0.15) is 19.5 Å². The highest BCUT2D eigenvalue weighted by Gasteiger charge is 2.35. The second-order valence-corrected chi connectivity index (χ2v) is 4.81. The first-order valence-corrected chi connectivity index (χ1v) is 6.27. The Hall–Kier alpha value is -2.10. The maximum atomic E-state index is 11.5. The molecule has 0 aliphatic carbocycles. The number of carbonyl (C=O) groups excluding carboxylic acids is 1. The zero-order valence-electron chi connectivity index (χ0n) is 11.4. The summed E-state index contributed by atoms with van der Waals surface area (Å²) < 4.78 is 4.71. The molecule has 0 saturated heterocycles. The van der Waals surface area contributed by atoms with Crippen molar-refractivity contribution in [3.63, 3.8) is 0 Å². The van der Waals surface area contributed by atoms with Gasteiger partial charge in [-0.2, -0.15) is 0 Å². The van der Waals surface area contributed by atoms with Gasteiger partial charge in [-0.1, -0.05) is 26.0 Å². The first-order chi connectivity index (χ1) is 9.10. The molecule has 19 heavy (non-hydrogen) atoms. The molecule has 0 fully saturated rings. The maximum absolute atomic E-state index is 11.5. The van der Waals surface area contributed by atoms with Crippen LogP contribution in [0.4, 0.5) is 0 Å². The van der Waals surface area contributed by atoms with Gasteiger partial charge in [-0.05, 0) is 24.1 Å². The minimum absolute atomic E-state index is 0.286. The topological polar surface area (TPSA) is 51.2 Å². The molecular formula is C15H18N2O2. The van der Waals surface area contributed by atoms with E-state index in [0.717, 1.165) is 5.69 Å². The van der Waals surface area contributed by atoms with E-state index in [-0.39, 0.29) is 11.9 Å². The van der Waals surface area contributed by atoms with E-state index in [9.17, 15) is 4.79 Å². The Morgan fingerprint density at radius 2 is 2.21 bits per heavy atom. The third kappa shape index (κ3) is 2.38. The van der Waals surface area contributed by atoms with E-state index < -0.39 is 5.54 Å². The summed E-state index contributed by atoms with van der Waals surface area (Å²) in [5, 5.41) is 3.30. The number of carbonyl (C=O) groups is 1. The molecule has 1 unspecified atom stereocenters. The Morgan fingerprint density at radius 1 is 1.42 bits per heavy atom. The van der Waals surface area contributed by atoms with Gasteiger partial charge in [-0.25, -0.2) is 4.79 Å². The van der Waals surface area contributed by atoms with E-state index in [1.165, 1.54) is 7.11 Å². The molecule has 1 aromatic rings. The fourth-order valence-electron chi connectivity index (χ4n) is 2.18. The minimum atomic E-state index is -0.390. The molecule has 0 amide bonds. The Balaban J connectivity index is 2.35. The molecule has 2 rings (SSSR count). The summed E-state index contributed by atoms with van der Waals surface area (Å²) in [6.45, 7) is 4.23. The fraction of sp³-hybridized carbons (Fsp3) is 0.333. The molecule has 1 aromatic heterocycles. The van der Waals surface area contributed by atoms with Crippen LogP contribution < -0.4 is 5.32 Å². The number of hydrogen-bond acceptors (Lipinski definition) is 4. The summed E-state index contributed by atoms with van der Waals surface area (Å²) in [6, 6.07) is 5.83. The number of nitrogens with one attached hydrogen (secondary N) is 1. The average molecular weight is 258 g/mol. The molecule has 1 aliphatic rings. The number of methoxy groups -OCH3 is 1. The van der Waals surface area contributed by atoms with Crippen LogP contribution in [0.5, 0.6) is 0 Å². The van der Waals surface area contributed by atoms with Crippen molar-refractivity contribution in [3.8, 4) is 0 Å². The number of dihydropyridines is 1. The Bertz CT molecular complexity index is 520. The van der Waals surface area contributed by atoms with Crippen LogP contribution in [-0.4, -0.2) is 18.1 Å². The first-order valence-electron chi connectivity index (χ1n) is 6.27. The zero-order chi connectivity index (χ0) is 13.9. The normalized spacial score (nSPS) is 21.8. The summed E-state index contributed by atoms with van der Waals surface area (Å²) >= 11 is 0. The molecule has 1 aliphatic heterocycles.